The smallest absolute Gasteiger partial charge is 0.228 e. The van der Waals surface area contributed by atoms with E-state index >= 15 is 0 Å². The molecule has 0 spiro atoms. The molecule has 13 rings (SSSR count). The van der Waals surface area contributed by atoms with Crippen LogP contribution < -0.4 is 0 Å². The zero-order valence-electron chi connectivity index (χ0n) is 31.5. The van der Waals surface area contributed by atoms with Crippen molar-refractivity contribution in [2.75, 3.05) is 0 Å². The average molecular weight is 737 g/mol. The summed E-state index contributed by atoms with van der Waals surface area (Å²) < 4.78 is 6.12. The van der Waals surface area contributed by atoms with Crippen LogP contribution in [0.5, 0.6) is 0 Å². The summed E-state index contributed by atoms with van der Waals surface area (Å²) >= 11 is 0. The zero-order valence-corrected chi connectivity index (χ0v) is 31.5. The van der Waals surface area contributed by atoms with E-state index in [9.17, 15) is 0 Å². The molecule has 0 unspecified atom stereocenters. The van der Waals surface area contributed by atoms with Gasteiger partial charge in [0.15, 0.2) is 11.2 Å². The Labute approximate surface area is 333 Å². The highest BCUT2D eigenvalue weighted by Gasteiger charge is 2.27. The molecule has 2 heterocycles. The van der Waals surface area contributed by atoms with Gasteiger partial charge in [0.1, 0.15) is 0 Å². The van der Waals surface area contributed by atoms with E-state index in [2.05, 4.69) is 169 Å². The van der Waals surface area contributed by atoms with Crippen LogP contribution in [0.3, 0.4) is 0 Å². The van der Waals surface area contributed by atoms with Crippen molar-refractivity contribution in [3.8, 4) is 44.8 Å². The maximum absolute atomic E-state index is 6.12. The highest BCUT2D eigenvalue weighted by molar-refractivity contribution is 6.45. The number of aryl methyl sites for hydroxylation is 1. The summed E-state index contributed by atoms with van der Waals surface area (Å²) in [4.78, 5) is 9.27. The molecule has 0 aliphatic heterocycles. The standard InChI is InChI=1S/C55H32N2O/c1-31-22-29-46-54(56-31)57-55(58-46)35-25-23-32(24-26-35)36-27-28-43-49-39(36)18-10-21-42(49)52-47(33-12-4-2-5-13-33)45-30-44-38-17-9-8-16-37(38)40-19-11-20-41(50(40)44)51(45)48(53(43)52)34-14-6-3-7-15-34/h2-30H,1H3. The second-order valence-corrected chi connectivity index (χ2v) is 15.6. The molecule has 3 nitrogen and oxygen atoms in total. The molecule has 0 saturated heterocycles. The fourth-order valence-electron chi connectivity index (χ4n) is 10.1. The Morgan fingerprint density at radius 1 is 0.345 bits per heavy atom. The molecule has 0 radical (unpaired) electrons. The molecular formula is C55H32N2O. The molecule has 0 amide bonds. The Morgan fingerprint density at radius 3 is 1.67 bits per heavy atom. The van der Waals surface area contributed by atoms with Crippen molar-refractivity contribution in [1.82, 2.24) is 9.97 Å². The number of fused-ring (bicyclic) bond motifs is 9. The summed E-state index contributed by atoms with van der Waals surface area (Å²) in [6.45, 7) is 1.97. The van der Waals surface area contributed by atoms with Gasteiger partial charge in [-0.3, -0.25) is 0 Å². The van der Waals surface area contributed by atoms with Crippen LogP contribution in [0.15, 0.2) is 180 Å². The van der Waals surface area contributed by atoms with Gasteiger partial charge in [0.2, 0.25) is 5.89 Å². The lowest BCUT2D eigenvalue weighted by Gasteiger charge is -2.19. The van der Waals surface area contributed by atoms with E-state index in [0.717, 1.165) is 16.8 Å². The maximum Gasteiger partial charge on any atom is 0.228 e. The number of pyridine rings is 1. The van der Waals surface area contributed by atoms with Gasteiger partial charge in [-0.05, 0) is 146 Å². The van der Waals surface area contributed by atoms with Crippen molar-refractivity contribution < 1.29 is 4.42 Å². The van der Waals surface area contributed by atoms with Crippen molar-refractivity contribution in [3.05, 3.63) is 182 Å². The molecule has 0 bridgehead atoms. The zero-order chi connectivity index (χ0) is 38.1. The Kier molecular flexibility index (Phi) is 6.37. The number of oxazole rings is 1. The van der Waals surface area contributed by atoms with E-state index in [4.69, 9.17) is 9.40 Å². The lowest BCUT2D eigenvalue weighted by molar-refractivity contribution is 0.619. The number of nitrogens with zero attached hydrogens (tertiary/aromatic N) is 2. The van der Waals surface area contributed by atoms with Crippen LogP contribution >= 0.6 is 0 Å². The third-order valence-electron chi connectivity index (χ3n) is 12.5. The molecule has 0 N–H and O–H groups in total. The minimum absolute atomic E-state index is 0.579. The molecule has 268 valence electrons. The van der Waals surface area contributed by atoms with Gasteiger partial charge in [0, 0.05) is 11.3 Å². The predicted octanol–water partition coefficient (Wildman–Crippen LogP) is 15.1. The Bertz CT molecular complexity index is 3770. The van der Waals surface area contributed by atoms with Gasteiger partial charge >= 0.3 is 0 Å². The van der Waals surface area contributed by atoms with Crippen LogP contribution in [0, 0.1) is 6.92 Å². The molecule has 0 aliphatic rings. The van der Waals surface area contributed by atoms with Crippen molar-refractivity contribution >= 4 is 86.6 Å². The maximum atomic E-state index is 6.12. The molecule has 0 saturated carbocycles. The van der Waals surface area contributed by atoms with Crippen LogP contribution in [0.25, 0.3) is 131 Å². The molecule has 2 aromatic heterocycles. The fraction of sp³-hybridized carbons (Fsp3) is 0.0182. The van der Waals surface area contributed by atoms with Crippen LogP contribution in [0.1, 0.15) is 5.69 Å². The molecule has 13 aromatic rings. The Morgan fingerprint density at radius 2 is 0.914 bits per heavy atom. The quantitative estimate of drug-likeness (QED) is 0.169. The predicted molar refractivity (Wildman–Crippen MR) is 243 cm³/mol. The van der Waals surface area contributed by atoms with Gasteiger partial charge < -0.3 is 4.42 Å². The summed E-state index contributed by atoms with van der Waals surface area (Å²) in [6.07, 6.45) is 0. The largest absolute Gasteiger partial charge is 0.434 e. The number of benzene rings is 9. The highest BCUT2D eigenvalue weighted by Crippen LogP contribution is 2.55. The van der Waals surface area contributed by atoms with E-state index in [1.54, 1.807) is 0 Å². The number of hydrogen-bond acceptors (Lipinski definition) is 3. The Balaban J connectivity index is 1.16. The third kappa shape index (κ3) is 4.28. The van der Waals surface area contributed by atoms with Crippen molar-refractivity contribution in [2.24, 2.45) is 0 Å². The minimum Gasteiger partial charge on any atom is -0.434 e. The lowest BCUT2D eigenvalue weighted by Crippen LogP contribution is -1.91. The summed E-state index contributed by atoms with van der Waals surface area (Å²) in [5, 5.41) is 18.2. The summed E-state index contributed by atoms with van der Waals surface area (Å²) in [7, 11) is 0. The molecule has 0 atom stereocenters. The summed E-state index contributed by atoms with van der Waals surface area (Å²) in [6, 6.07) is 64.5. The number of aromatic nitrogens is 2. The van der Waals surface area contributed by atoms with E-state index in [1.165, 1.54) is 103 Å². The van der Waals surface area contributed by atoms with E-state index in [-0.39, 0.29) is 0 Å². The minimum atomic E-state index is 0.579. The molecule has 58 heavy (non-hydrogen) atoms. The highest BCUT2D eigenvalue weighted by atomic mass is 16.3. The second kappa shape index (κ2) is 11.7. The van der Waals surface area contributed by atoms with E-state index < -0.39 is 0 Å². The average Bonchev–Trinajstić information content (AvgIpc) is 3.95. The van der Waals surface area contributed by atoms with Crippen LogP contribution in [0.2, 0.25) is 0 Å². The first-order valence-electron chi connectivity index (χ1n) is 19.9. The molecule has 0 aliphatic carbocycles. The van der Waals surface area contributed by atoms with Crippen LogP contribution in [-0.4, -0.2) is 9.97 Å². The summed E-state index contributed by atoms with van der Waals surface area (Å²) in [5.74, 6) is 0.579. The van der Waals surface area contributed by atoms with E-state index in [0.29, 0.717) is 17.1 Å². The van der Waals surface area contributed by atoms with Crippen molar-refractivity contribution in [2.45, 2.75) is 6.92 Å². The fourth-order valence-corrected chi connectivity index (χ4v) is 10.1. The number of hydrogen-bond donors (Lipinski definition) is 0. The van der Waals surface area contributed by atoms with Gasteiger partial charge in [-0.25, -0.2) is 4.98 Å². The van der Waals surface area contributed by atoms with Crippen LogP contribution in [-0.2, 0) is 0 Å². The molecule has 0 fully saturated rings. The van der Waals surface area contributed by atoms with Gasteiger partial charge in [-0.2, -0.15) is 4.98 Å². The summed E-state index contributed by atoms with van der Waals surface area (Å²) in [5.41, 5.74) is 10.6. The molecule has 3 heteroatoms. The van der Waals surface area contributed by atoms with Gasteiger partial charge in [0.05, 0.1) is 0 Å². The lowest BCUT2D eigenvalue weighted by atomic mass is 9.84. The van der Waals surface area contributed by atoms with Crippen LogP contribution in [0.4, 0.5) is 0 Å². The topological polar surface area (TPSA) is 38.9 Å². The Hall–Kier alpha value is -7.62. The SMILES string of the molecule is Cc1ccc2oc(-c3ccc(-c4ccc5c6c(-c7ccccc7)c7c(cc8c9ccccc9c9cccc7c98)c(-c7ccccc7)c6c6cccc4c65)cc3)nc2n1. The normalized spacial score (nSPS) is 12.2. The van der Waals surface area contributed by atoms with Crippen molar-refractivity contribution in [3.63, 3.8) is 0 Å². The first-order chi connectivity index (χ1) is 28.7. The monoisotopic (exact) mass is 736 g/mol. The molecular weight excluding hydrogens is 705 g/mol. The van der Waals surface area contributed by atoms with Gasteiger partial charge in [0.25, 0.3) is 0 Å². The third-order valence-corrected chi connectivity index (χ3v) is 12.5. The number of rotatable bonds is 4. The first-order valence-corrected chi connectivity index (χ1v) is 19.9. The second-order valence-electron chi connectivity index (χ2n) is 15.6. The molecule has 11 aromatic carbocycles. The first kappa shape index (κ1) is 31.6. The van der Waals surface area contributed by atoms with Crippen molar-refractivity contribution in [1.29, 1.82) is 0 Å². The van der Waals surface area contributed by atoms with Gasteiger partial charge in [-0.1, -0.05) is 146 Å². The van der Waals surface area contributed by atoms with Gasteiger partial charge in [-0.15, -0.1) is 0 Å². The van der Waals surface area contributed by atoms with E-state index in [1.807, 2.05) is 19.1 Å².